The molecule has 1 aromatic carbocycles. The Bertz CT molecular complexity index is 2110. The summed E-state index contributed by atoms with van der Waals surface area (Å²) in [7, 11) is -4.07. The molecule has 0 radical (unpaired) electrons. The predicted molar refractivity (Wildman–Crippen MR) is 202 cm³/mol. The van der Waals surface area contributed by atoms with Crippen LogP contribution in [0.25, 0.3) is 10.8 Å². The fourth-order valence-corrected chi connectivity index (χ4v) is 9.60. The summed E-state index contributed by atoms with van der Waals surface area (Å²) in [6, 6.07) is -0.273. The van der Waals surface area contributed by atoms with Crippen LogP contribution >= 0.6 is 11.6 Å². The van der Waals surface area contributed by atoms with E-state index in [4.69, 9.17) is 21.1 Å². The molecule has 324 valence electrons. The van der Waals surface area contributed by atoms with Gasteiger partial charge in [0.2, 0.25) is 33.6 Å². The average molecular weight is 878 g/mol. The molecule has 2 aliphatic carbocycles. The maximum Gasteiger partial charge on any atom is 0.408 e. The fraction of sp³-hybridized carbons (Fsp3) is 0.605. The zero-order chi connectivity index (χ0) is 43.2. The first-order valence-corrected chi connectivity index (χ1v) is 21.2. The lowest BCUT2D eigenvalue weighted by Gasteiger charge is -2.40. The highest BCUT2D eigenvalue weighted by atomic mass is 35.5. The van der Waals surface area contributed by atoms with Crippen LogP contribution in [-0.2, 0) is 24.4 Å². The molecule has 3 heterocycles. The van der Waals surface area contributed by atoms with Crippen molar-refractivity contribution in [3.63, 3.8) is 0 Å². The molecule has 0 spiro atoms. The van der Waals surface area contributed by atoms with E-state index >= 15 is 0 Å². The summed E-state index contributed by atoms with van der Waals surface area (Å²) in [4.78, 5) is 61.0. The molecule has 4 amide bonds. The number of benzene rings is 1. The van der Waals surface area contributed by atoms with E-state index in [1.165, 1.54) is 19.1 Å². The van der Waals surface area contributed by atoms with Gasteiger partial charge in [0.25, 0.3) is 12.3 Å². The van der Waals surface area contributed by atoms with Gasteiger partial charge in [-0.15, -0.1) is 0 Å². The number of carbonyl (C=O) groups is 4. The van der Waals surface area contributed by atoms with Crippen LogP contribution in [0.15, 0.2) is 36.4 Å². The predicted octanol–water partition coefficient (Wildman–Crippen LogP) is 5.68. The van der Waals surface area contributed by atoms with E-state index in [9.17, 15) is 54.7 Å². The molecule has 4 aliphatic rings. The highest BCUT2D eigenvalue weighted by Gasteiger charge is 2.62. The summed E-state index contributed by atoms with van der Waals surface area (Å²) in [6.07, 6.45) is -6.40. The highest BCUT2D eigenvalue weighted by molar-refractivity contribution is 7.91. The van der Waals surface area contributed by atoms with E-state index in [2.05, 4.69) is 15.0 Å². The molecular weight excluding hydrogens is 833 g/mol. The number of nitrogens with zero attached hydrogens (tertiary/aromatic N) is 3. The van der Waals surface area contributed by atoms with Crippen LogP contribution in [0, 0.1) is 17.8 Å². The maximum absolute atomic E-state index is 14.9. The van der Waals surface area contributed by atoms with Gasteiger partial charge in [0, 0.05) is 34.2 Å². The summed E-state index contributed by atoms with van der Waals surface area (Å²) in [5.74, 6) is -5.52. The first kappa shape index (κ1) is 44.1. The SMILES string of the molecule is C[C@H]1CCC=C[C@@H]2C[C@@]2(C(=O)NS(=O)(=O)C2CC2)NC(=O)[C@@H]2C[C@@H](Oc3nc(OCC(F)F)cc4c(Cl)cccc34)CN2C(=O)[C@@H](N(C(=O)O)[C@H](C)C(F)(F)F)[C@H](C)C1. The third-order valence-electron chi connectivity index (χ3n) is 11.4. The largest absolute Gasteiger partial charge is 0.472 e. The van der Waals surface area contributed by atoms with Crippen LogP contribution in [-0.4, -0.2) is 113 Å². The number of aromatic nitrogens is 1. The number of allylic oxidation sites excluding steroid dienone is 1. The monoisotopic (exact) mass is 877 g/mol. The molecule has 21 heteroatoms. The molecule has 1 aromatic heterocycles. The Morgan fingerprint density at radius 3 is 2.51 bits per heavy atom. The van der Waals surface area contributed by atoms with Crippen LogP contribution in [0.2, 0.25) is 5.02 Å². The van der Waals surface area contributed by atoms with E-state index in [1.807, 2.05) is 0 Å². The summed E-state index contributed by atoms with van der Waals surface area (Å²) in [5, 5.41) is 12.9. The Morgan fingerprint density at radius 1 is 1.15 bits per heavy atom. The normalized spacial score (nSPS) is 28.5. The number of halogens is 6. The Labute approximate surface area is 341 Å². The van der Waals surface area contributed by atoms with E-state index < -0.39 is 106 Å². The quantitative estimate of drug-likeness (QED) is 0.198. The zero-order valence-corrected chi connectivity index (χ0v) is 33.8. The second kappa shape index (κ2) is 16.9. The number of sulfonamides is 1. The van der Waals surface area contributed by atoms with Crippen molar-refractivity contribution in [3.05, 3.63) is 41.4 Å². The molecule has 59 heavy (non-hydrogen) atoms. The number of amides is 4. The molecule has 0 bridgehead atoms. The van der Waals surface area contributed by atoms with Crippen molar-refractivity contribution in [2.45, 2.75) is 113 Å². The summed E-state index contributed by atoms with van der Waals surface area (Å²) < 4.78 is 108. The fourth-order valence-electron chi connectivity index (χ4n) is 8.01. The molecule has 14 nitrogen and oxygen atoms in total. The smallest absolute Gasteiger partial charge is 0.408 e. The minimum Gasteiger partial charge on any atom is -0.472 e. The number of carboxylic acid groups (broad SMARTS) is 1. The standard InChI is InChI=1S/C38H45ClF5N5O9S/c1-19-7-4-5-8-22-16-37(22,35(52)47-59(55,56)24-11-12-24)46-32(50)28-14-23(58-33-25-9-6-10-27(39)26(25)15-30(45-33)57-18-29(40)41)17-48(28)34(51)31(20(2)13-19)49(36(53)54)21(3)38(42,43)44/h5-6,8-10,15,19-24,28-29,31H,4,7,11-14,16-18H2,1-3H3,(H,46,50)(H,47,52)(H,53,54)/t19-,20+,21+,22+,23+,28-,31-,37+/m0/s1. The molecule has 6 rings (SSSR count). The van der Waals surface area contributed by atoms with E-state index in [-0.39, 0.29) is 57.6 Å². The number of carbonyl (C=O) groups excluding carboxylic acids is 3. The number of alkyl halides is 5. The van der Waals surface area contributed by atoms with Gasteiger partial charge in [-0.3, -0.25) is 24.0 Å². The van der Waals surface area contributed by atoms with Crippen LogP contribution < -0.4 is 19.5 Å². The number of hydrogen-bond donors (Lipinski definition) is 3. The lowest BCUT2D eigenvalue weighted by molar-refractivity contribution is -0.184. The van der Waals surface area contributed by atoms with Gasteiger partial charge in [-0.2, -0.15) is 18.2 Å². The van der Waals surface area contributed by atoms with Crippen molar-refractivity contribution in [3.8, 4) is 11.8 Å². The van der Waals surface area contributed by atoms with Gasteiger partial charge in [0.15, 0.2) is 6.61 Å². The van der Waals surface area contributed by atoms with Gasteiger partial charge in [-0.1, -0.05) is 43.7 Å². The highest BCUT2D eigenvalue weighted by Crippen LogP contribution is 2.46. The van der Waals surface area contributed by atoms with Crippen molar-refractivity contribution < 1.29 is 64.1 Å². The zero-order valence-electron chi connectivity index (χ0n) is 32.3. The van der Waals surface area contributed by atoms with Crippen molar-refractivity contribution in [2.24, 2.45) is 17.8 Å². The van der Waals surface area contributed by atoms with Gasteiger partial charge in [0.1, 0.15) is 29.8 Å². The Kier molecular flexibility index (Phi) is 12.6. The lowest BCUT2D eigenvalue weighted by Crippen LogP contribution is -2.62. The summed E-state index contributed by atoms with van der Waals surface area (Å²) >= 11 is 6.41. The molecule has 3 fully saturated rings. The van der Waals surface area contributed by atoms with Crippen molar-refractivity contribution in [1.82, 2.24) is 24.8 Å². The minimum atomic E-state index is -5.09. The van der Waals surface area contributed by atoms with E-state index in [0.717, 1.165) is 4.90 Å². The Hall–Kier alpha value is -4.46. The average Bonchev–Trinajstić information content (AvgIpc) is 4.07. The summed E-state index contributed by atoms with van der Waals surface area (Å²) in [5.41, 5.74) is -1.77. The molecular formula is C38H45ClF5N5O9S. The number of nitrogens with one attached hydrogen (secondary N) is 2. The van der Waals surface area contributed by atoms with Gasteiger partial charge in [-0.25, -0.2) is 22.0 Å². The van der Waals surface area contributed by atoms with E-state index in [1.54, 1.807) is 31.2 Å². The van der Waals surface area contributed by atoms with Gasteiger partial charge in [-0.05, 0) is 69.4 Å². The minimum absolute atomic E-state index is 0.00493. The number of hydrogen-bond acceptors (Lipinski definition) is 9. The van der Waals surface area contributed by atoms with Crippen LogP contribution in [0.4, 0.5) is 26.7 Å². The van der Waals surface area contributed by atoms with Crippen molar-refractivity contribution in [1.29, 1.82) is 0 Å². The van der Waals surface area contributed by atoms with Gasteiger partial charge in [0.05, 0.1) is 11.8 Å². The third-order valence-corrected chi connectivity index (χ3v) is 13.5. The van der Waals surface area contributed by atoms with Crippen LogP contribution in [0.3, 0.4) is 0 Å². The Morgan fingerprint density at radius 2 is 1.86 bits per heavy atom. The molecule has 2 aliphatic heterocycles. The molecule has 8 atom stereocenters. The third kappa shape index (κ3) is 9.63. The first-order chi connectivity index (χ1) is 27.6. The molecule has 1 saturated heterocycles. The second-order valence-electron chi connectivity index (χ2n) is 15.9. The van der Waals surface area contributed by atoms with Gasteiger partial charge < -0.3 is 24.8 Å². The molecule has 2 saturated carbocycles. The van der Waals surface area contributed by atoms with Crippen LogP contribution in [0.1, 0.15) is 65.7 Å². The van der Waals surface area contributed by atoms with Gasteiger partial charge >= 0.3 is 12.3 Å². The number of fused-ring (bicyclic) bond motifs is 3. The maximum atomic E-state index is 14.9. The Balaban J connectivity index is 1.42. The molecule has 3 N–H and O–H groups in total. The number of ether oxygens (including phenoxy) is 2. The van der Waals surface area contributed by atoms with Crippen LogP contribution in [0.5, 0.6) is 11.8 Å². The second-order valence-corrected chi connectivity index (χ2v) is 18.3. The molecule has 0 unspecified atom stereocenters. The topological polar surface area (TPSA) is 185 Å². The summed E-state index contributed by atoms with van der Waals surface area (Å²) in [6.45, 7) is 2.35. The number of pyridine rings is 1. The van der Waals surface area contributed by atoms with Crippen molar-refractivity contribution in [2.75, 3.05) is 13.2 Å². The lowest BCUT2D eigenvalue weighted by atomic mass is 9.86. The molecule has 2 aromatic rings. The number of rotatable bonds is 10. The first-order valence-electron chi connectivity index (χ1n) is 19.2. The van der Waals surface area contributed by atoms with Crippen molar-refractivity contribution >= 4 is 56.2 Å². The van der Waals surface area contributed by atoms with E-state index in [0.29, 0.717) is 32.6 Å².